The van der Waals surface area contributed by atoms with Gasteiger partial charge in [-0.05, 0) is 25.1 Å². The molecule has 3 aromatic heterocycles. The van der Waals surface area contributed by atoms with Crippen LogP contribution >= 0.6 is 11.3 Å². The maximum atomic E-state index is 12.1. The second kappa shape index (κ2) is 7.98. The van der Waals surface area contributed by atoms with Crippen LogP contribution in [0.3, 0.4) is 0 Å². The van der Waals surface area contributed by atoms with Gasteiger partial charge in [-0.2, -0.15) is 5.10 Å². The van der Waals surface area contributed by atoms with Gasteiger partial charge in [-0.1, -0.05) is 12.1 Å². The van der Waals surface area contributed by atoms with Crippen LogP contribution in [0, 0.1) is 0 Å². The van der Waals surface area contributed by atoms with Gasteiger partial charge in [0.25, 0.3) is 0 Å². The van der Waals surface area contributed by atoms with Crippen molar-refractivity contribution in [3.05, 3.63) is 48.9 Å². The van der Waals surface area contributed by atoms with Crippen molar-refractivity contribution in [2.24, 2.45) is 0 Å². The number of nitrogens with one attached hydrogen (secondary N) is 1. The molecule has 4 N–H and O–H groups in total. The molecule has 0 aliphatic rings. The zero-order valence-corrected chi connectivity index (χ0v) is 16.6. The monoisotopic (exact) mass is 408 g/mol. The van der Waals surface area contributed by atoms with Gasteiger partial charge in [0.15, 0.2) is 0 Å². The number of aromatic nitrogens is 4. The number of amides is 1. The lowest BCUT2D eigenvalue weighted by atomic mass is 10.1. The third-order valence-corrected chi connectivity index (χ3v) is 5.63. The van der Waals surface area contributed by atoms with Crippen LogP contribution in [0.2, 0.25) is 0 Å². The fourth-order valence-corrected chi connectivity index (χ4v) is 3.93. The number of fused-ring (bicyclic) bond motifs is 1. The summed E-state index contributed by atoms with van der Waals surface area (Å²) >= 11 is 1.56. The number of carbonyl (C=O) groups excluding carboxylic acids is 1. The Balaban J connectivity index is 1.64. The molecule has 0 saturated carbocycles. The van der Waals surface area contributed by atoms with E-state index in [0.29, 0.717) is 5.82 Å². The number of anilines is 1. The molecular formula is C20H20N6O2S. The Kier molecular flexibility index (Phi) is 5.24. The molecule has 148 valence electrons. The first-order valence-corrected chi connectivity index (χ1v) is 9.93. The number of nitrogens with zero attached hydrogens (tertiary/aromatic N) is 4. The van der Waals surface area contributed by atoms with Crippen LogP contribution in [0.15, 0.2) is 48.9 Å². The Morgan fingerprint density at radius 3 is 2.93 bits per heavy atom. The molecule has 0 aliphatic heterocycles. The molecule has 0 radical (unpaired) electrons. The van der Waals surface area contributed by atoms with Crippen molar-refractivity contribution in [3.63, 3.8) is 0 Å². The van der Waals surface area contributed by atoms with E-state index >= 15 is 0 Å². The maximum Gasteiger partial charge on any atom is 0.244 e. The number of aliphatic hydroxyl groups is 1. The lowest BCUT2D eigenvalue weighted by Crippen LogP contribution is -2.33. The molecule has 8 nitrogen and oxygen atoms in total. The molecule has 9 heteroatoms. The van der Waals surface area contributed by atoms with Crippen LogP contribution in [0.4, 0.5) is 5.82 Å². The maximum absolute atomic E-state index is 12.1. The number of para-hydroxylation sites is 1. The molecule has 0 saturated heterocycles. The van der Waals surface area contributed by atoms with Crippen LogP contribution in [0.25, 0.3) is 31.9 Å². The van der Waals surface area contributed by atoms with Crippen LogP contribution in [-0.2, 0) is 4.79 Å². The predicted molar refractivity (Wildman–Crippen MR) is 113 cm³/mol. The first kappa shape index (κ1) is 19.0. The molecule has 0 fully saturated rings. The van der Waals surface area contributed by atoms with Gasteiger partial charge in [0.2, 0.25) is 5.91 Å². The Hall–Kier alpha value is -3.30. The fraction of sp³-hybridized carbons (Fsp3) is 0.200. The van der Waals surface area contributed by atoms with Gasteiger partial charge < -0.3 is 16.2 Å². The normalized spacial score (nSPS) is 12.2. The van der Waals surface area contributed by atoms with Gasteiger partial charge >= 0.3 is 0 Å². The van der Waals surface area contributed by atoms with Crippen molar-refractivity contribution in [2.45, 2.75) is 13.0 Å². The van der Waals surface area contributed by atoms with Crippen molar-refractivity contribution in [3.8, 4) is 21.7 Å². The Morgan fingerprint density at radius 2 is 2.14 bits per heavy atom. The van der Waals surface area contributed by atoms with Gasteiger partial charge in [0, 0.05) is 30.1 Å². The number of rotatable bonds is 6. The summed E-state index contributed by atoms with van der Waals surface area (Å²) in [4.78, 5) is 21.1. The molecule has 1 unspecified atom stereocenters. The Labute approximate surface area is 171 Å². The Morgan fingerprint density at radius 1 is 1.31 bits per heavy atom. The van der Waals surface area contributed by atoms with Crippen LogP contribution in [0.1, 0.15) is 13.0 Å². The van der Waals surface area contributed by atoms with E-state index in [2.05, 4.69) is 20.4 Å². The highest BCUT2D eigenvalue weighted by atomic mass is 32.1. The third kappa shape index (κ3) is 3.82. The summed E-state index contributed by atoms with van der Waals surface area (Å²) < 4.78 is 2.67. The number of nitrogen functional groups attached to an aromatic ring is 1. The zero-order chi connectivity index (χ0) is 20.4. The predicted octanol–water partition coefficient (Wildman–Crippen LogP) is 2.47. The summed E-state index contributed by atoms with van der Waals surface area (Å²) in [5.41, 5.74) is 9.47. The van der Waals surface area contributed by atoms with Crippen molar-refractivity contribution in [1.82, 2.24) is 25.1 Å². The topological polar surface area (TPSA) is 119 Å². The van der Waals surface area contributed by atoms with E-state index < -0.39 is 6.04 Å². The minimum Gasteiger partial charge on any atom is -0.395 e. The summed E-state index contributed by atoms with van der Waals surface area (Å²) in [5, 5.41) is 16.6. The van der Waals surface area contributed by atoms with Gasteiger partial charge in [0.1, 0.15) is 16.9 Å². The SMILES string of the molecule is CC(C(=O)NCCO)n1cc(-c2cnc(N)c(-c3nc4ccccc4s3)c2)cn1. The number of thiazole rings is 1. The summed E-state index contributed by atoms with van der Waals surface area (Å²) in [7, 11) is 0. The van der Waals surface area contributed by atoms with Gasteiger partial charge in [-0.15, -0.1) is 11.3 Å². The van der Waals surface area contributed by atoms with Crippen molar-refractivity contribution < 1.29 is 9.90 Å². The highest BCUT2D eigenvalue weighted by Gasteiger charge is 2.17. The number of hydrogen-bond acceptors (Lipinski definition) is 7. The molecule has 4 rings (SSSR count). The molecule has 1 atom stereocenters. The van der Waals surface area contributed by atoms with Gasteiger partial charge in [0.05, 0.1) is 28.6 Å². The quantitative estimate of drug-likeness (QED) is 0.451. The molecule has 1 aromatic carbocycles. The molecule has 0 spiro atoms. The first-order chi connectivity index (χ1) is 14.1. The number of pyridine rings is 1. The smallest absolute Gasteiger partial charge is 0.244 e. The van der Waals surface area contributed by atoms with Crippen LogP contribution in [-0.4, -0.2) is 43.9 Å². The third-order valence-electron chi connectivity index (χ3n) is 4.56. The highest BCUT2D eigenvalue weighted by Crippen LogP contribution is 2.34. The number of hydrogen-bond donors (Lipinski definition) is 3. The number of carbonyl (C=O) groups is 1. The van der Waals surface area contributed by atoms with E-state index in [1.54, 1.807) is 41.5 Å². The minimum absolute atomic E-state index is 0.103. The van der Waals surface area contributed by atoms with Crippen molar-refractivity contribution >= 4 is 33.3 Å². The zero-order valence-electron chi connectivity index (χ0n) is 15.7. The van der Waals surface area contributed by atoms with Crippen molar-refractivity contribution in [2.75, 3.05) is 18.9 Å². The molecule has 3 heterocycles. The second-order valence-electron chi connectivity index (χ2n) is 6.54. The van der Waals surface area contributed by atoms with Gasteiger partial charge in [-0.25, -0.2) is 9.97 Å². The fourth-order valence-electron chi connectivity index (χ4n) is 2.94. The summed E-state index contributed by atoms with van der Waals surface area (Å²) in [6.45, 7) is 1.86. The largest absolute Gasteiger partial charge is 0.395 e. The first-order valence-electron chi connectivity index (χ1n) is 9.11. The average molecular weight is 408 g/mol. The van der Waals surface area contributed by atoms with Crippen LogP contribution in [0.5, 0.6) is 0 Å². The molecule has 0 bridgehead atoms. The van der Waals surface area contributed by atoms with E-state index in [1.807, 2.05) is 30.3 Å². The van der Waals surface area contributed by atoms with E-state index in [0.717, 1.165) is 31.9 Å². The van der Waals surface area contributed by atoms with Crippen molar-refractivity contribution in [1.29, 1.82) is 0 Å². The highest BCUT2D eigenvalue weighted by molar-refractivity contribution is 7.21. The lowest BCUT2D eigenvalue weighted by Gasteiger charge is -2.11. The van der Waals surface area contributed by atoms with E-state index in [9.17, 15) is 4.79 Å². The second-order valence-corrected chi connectivity index (χ2v) is 7.57. The molecule has 29 heavy (non-hydrogen) atoms. The molecule has 1 amide bonds. The number of aliphatic hydroxyl groups excluding tert-OH is 1. The summed E-state index contributed by atoms with van der Waals surface area (Å²) in [5.74, 6) is 0.205. The minimum atomic E-state index is -0.499. The summed E-state index contributed by atoms with van der Waals surface area (Å²) in [6, 6.07) is 9.37. The standard InChI is InChI=1S/C20H20N6O2S/c1-12(19(28)22-6-7-27)26-11-14(10-24-26)13-8-15(18(21)23-9-13)20-25-16-4-2-3-5-17(16)29-20/h2-5,8-12,27H,6-7H2,1H3,(H2,21,23)(H,22,28). The molecule has 4 aromatic rings. The van der Waals surface area contributed by atoms with E-state index in [1.165, 1.54) is 0 Å². The lowest BCUT2D eigenvalue weighted by molar-refractivity contribution is -0.124. The molecule has 0 aliphatic carbocycles. The Bertz CT molecular complexity index is 1140. The molecular weight excluding hydrogens is 388 g/mol. The van der Waals surface area contributed by atoms with E-state index in [-0.39, 0.29) is 19.1 Å². The van der Waals surface area contributed by atoms with E-state index in [4.69, 9.17) is 10.8 Å². The van der Waals surface area contributed by atoms with Gasteiger partial charge in [-0.3, -0.25) is 9.48 Å². The summed E-state index contributed by atoms with van der Waals surface area (Å²) in [6.07, 6.45) is 5.16. The number of nitrogens with two attached hydrogens (primary N) is 1. The van der Waals surface area contributed by atoms with Crippen LogP contribution < -0.4 is 11.1 Å². The average Bonchev–Trinajstić information content (AvgIpc) is 3.39. The number of benzene rings is 1.